The van der Waals surface area contributed by atoms with E-state index >= 15 is 0 Å². The molecule has 0 spiro atoms. The van der Waals surface area contributed by atoms with Crippen molar-refractivity contribution >= 4 is 0 Å². The Morgan fingerprint density at radius 2 is 1.31 bits per heavy atom. The minimum absolute atomic E-state index is 0.544. The average molecular weight is 411 g/mol. The molecule has 1 aliphatic carbocycles. The zero-order valence-corrected chi connectivity index (χ0v) is 19.1. The van der Waals surface area contributed by atoms with E-state index in [0.717, 1.165) is 52.2 Å². The molecule has 1 saturated heterocycles. The minimum Gasteiger partial charge on any atom is -0.330 e. The SMILES string of the molecule is CCCCC[C@H]1CNC2CCCCC2NCCNCCN[C@@H](CCCCN)CN1. The van der Waals surface area contributed by atoms with Gasteiger partial charge < -0.3 is 32.3 Å². The Labute approximate surface area is 180 Å². The molecule has 1 saturated carbocycles. The van der Waals surface area contributed by atoms with Crippen LogP contribution in [0.3, 0.4) is 0 Å². The van der Waals surface area contributed by atoms with E-state index in [9.17, 15) is 0 Å². The Bertz CT molecular complexity index is 380. The zero-order chi connectivity index (χ0) is 20.6. The van der Waals surface area contributed by atoms with Crippen LogP contribution in [0.15, 0.2) is 0 Å². The lowest BCUT2D eigenvalue weighted by Crippen LogP contribution is -2.54. The normalized spacial score (nSPS) is 30.8. The maximum atomic E-state index is 5.71. The predicted molar refractivity (Wildman–Crippen MR) is 126 cm³/mol. The second-order valence-corrected chi connectivity index (χ2v) is 9.15. The molecule has 0 radical (unpaired) electrons. The summed E-state index contributed by atoms with van der Waals surface area (Å²) in [5.74, 6) is 0. The van der Waals surface area contributed by atoms with Gasteiger partial charge >= 0.3 is 0 Å². The molecule has 7 N–H and O–H groups in total. The first-order chi connectivity index (χ1) is 14.3. The van der Waals surface area contributed by atoms with Gasteiger partial charge in [0.2, 0.25) is 0 Å². The van der Waals surface area contributed by atoms with E-state index in [-0.39, 0.29) is 0 Å². The van der Waals surface area contributed by atoms with Gasteiger partial charge in [0.1, 0.15) is 0 Å². The Kier molecular flexibility index (Phi) is 14.2. The maximum absolute atomic E-state index is 5.71. The van der Waals surface area contributed by atoms with Gasteiger partial charge in [-0.25, -0.2) is 0 Å². The number of nitrogens with two attached hydrogens (primary N) is 1. The second-order valence-electron chi connectivity index (χ2n) is 9.15. The highest BCUT2D eigenvalue weighted by atomic mass is 15.1. The number of rotatable bonds is 8. The largest absolute Gasteiger partial charge is 0.330 e. The molecule has 2 fully saturated rings. The Hall–Kier alpha value is -0.240. The molecule has 0 amide bonds. The van der Waals surface area contributed by atoms with Gasteiger partial charge in [0, 0.05) is 63.4 Å². The third-order valence-corrected chi connectivity index (χ3v) is 6.65. The number of nitrogens with one attached hydrogen (secondary N) is 5. The van der Waals surface area contributed by atoms with Gasteiger partial charge in [-0.1, -0.05) is 45.4 Å². The predicted octanol–water partition coefficient (Wildman–Crippen LogP) is 1.71. The fraction of sp³-hybridized carbons (Fsp3) is 1.00. The monoisotopic (exact) mass is 410 g/mol. The summed E-state index contributed by atoms with van der Waals surface area (Å²) < 4.78 is 0. The molecule has 0 aromatic heterocycles. The first-order valence-electron chi connectivity index (χ1n) is 12.7. The summed E-state index contributed by atoms with van der Waals surface area (Å²) in [6.07, 6.45) is 14.2. The maximum Gasteiger partial charge on any atom is 0.0221 e. The summed E-state index contributed by atoms with van der Waals surface area (Å²) in [6.45, 7) is 9.48. The molecule has 0 aromatic carbocycles. The van der Waals surface area contributed by atoms with Gasteiger partial charge in [-0.05, 0) is 38.6 Å². The summed E-state index contributed by atoms with van der Waals surface area (Å²) in [4.78, 5) is 0. The average Bonchev–Trinajstić information content (AvgIpc) is 2.75. The fourth-order valence-electron chi connectivity index (χ4n) is 4.79. The van der Waals surface area contributed by atoms with Crippen molar-refractivity contribution in [2.45, 2.75) is 102 Å². The van der Waals surface area contributed by atoms with Crippen LogP contribution in [0.1, 0.15) is 77.6 Å². The minimum atomic E-state index is 0.544. The van der Waals surface area contributed by atoms with Crippen molar-refractivity contribution in [2.24, 2.45) is 5.73 Å². The van der Waals surface area contributed by atoms with Crippen molar-refractivity contribution in [1.29, 1.82) is 0 Å². The molecule has 29 heavy (non-hydrogen) atoms. The molecule has 1 heterocycles. The van der Waals surface area contributed by atoms with E-state index < -0.39 is 0 Å². The lowest BCUT2D eigenvalue weighted by molar-refractivity contribution is 0.271. The number of hydrogen-bond donors (Lipinski definition) is 6. The van der Waals surface area contributed by atoms with E-state index in [1.54, 1.807) is 0 Å². The van der Waals surface area contributed by atoms with Crippen LogP contribution < -0.4 is 32.3 Å². The highest BCUT2D eigenvalue weighted by Gasteiger charge is 2.25. The van der Waals surface area contributed by atoms with Crippen molar-refractivity contribution in [1.82, 2.24) is 26.6 Å². The molecule has 0 bridgehead atoms. The first kappa shape index (κ1) is 25.0. The van der Waals surface area contributed by atoms with Crippen LogP contribution in [0.5, 0.6) is 0 Å². The molecule has 2 aliphatic rings. The molecule has 172 valence electrons. The molecule has 0 aromatic rings. The third kappa shape index (κ3) is 11.1. The van der Waals surface area contributed by atoms with Gasteiger partial charge in [0.15, 0.2) is 0 Å². The highest BCUT2D eigenvalue weighted by molar-refractivity contribution is 4.88. The van der Waals surface area contributed by atoms with Gasteiger partial charge in [0.05, 0.1) is 0 Å². The van der Waals surface area contributed by atoms with Crippen molar-refractivity contribution in [3.8, 4) is 0 Å². The number of hydrogen-bond acceptors (Lipinski definition) is 6. The highest BCUT2D eigenvalue weighted by Crippen LogP contribution is 2.19. The van der Waals surface area contributed by atoms with Crippen LogP contribution in [0.4, 0.5) is 0 Å². The standard InChI is InChI=1S/C23H50N6/c1-2-3-4-9-21-19-29-23-12-6-5-11-22(23)27-17-15-25-14-16-26-20(18-28-21)10-7-8-13-24/h20-23,25-29H,2-19,24H2,1H3/t20-,21-,22?,23?/m0/s1. The summed E-state index contributed by atoms with van der Waals surface area (Å²) in [6, 6.07) is 2.38. The molecule has 6 nitrogen and oxygen atoms in total. The van der Waals surface area contributed by atoms with E-state index in [1.165, 1.54) is 64.2 Å². The summed E-state index contributed by atoms with van der Waals surface area (Å²) in [7, 11) is 0. The van der Waals surface area contributed by atoms with Gasteiger partial charge in [-0.3, -0.25) is 0 Å². The van der Waals surface area contributed by atoms with Crippen molar-refractivity contribution in [3.63, 3.8) is 0 Å². The number of unbranched alkanes of at least 4 members (excludes halogenated alkanes) is 3. The van der Waals surface area contributed by atoms with E-state index in [1.807, 2.05) is 0 Å². The Morgan fingerprint density at radius 3 is 2.03 bits per heavy atom. The van der Waals surface area contributed by atoms with Crippen molar-refractivity contribution < 1.29 is 0 Å². The summed E-state index contributed by atoms with van der Waals surface area (Å²) in [5, 5.41) is 19.1. The van der Waals surface area contributed by atoms with Crippen LogP contribution in [-0.4, -0.2) is 70.0 Å². The topological polar surface area (TPSA) is 86.2 Å². The molecular weight excluding hydrogens is 360 g/mol. The molecule has 6 heteroatoms. The molecule has 2 unspecified atom stereocenters. The van der Waals surface area contributed by atoms with E-state index in [2.05, 4.69) is 33.5 Å². The molecule has 1 aliphatic heterocycles. The zero-order valence-electron chi connectivity index (χ0n) is 19.1. The van der Waals surface area contributed by atoms with E-state index in [4.69, 9.17) is 5.73 Å². The van der Waals surface area contributed by atoms with Gasteiger partial charge in [-0.15, -0.1) is 0 Å². The second kappa shape index (κ2) is 16.5. The fourth-order valence-corrected chi connectivity index (χ4v) is 4.79. The Morgan fingerprint density at radius 1 is 0.690 bits per heavy atom. The van der Waals surface area contributed by atoms with Crippen LogP contribution in [0, 0.1) is 0 Å². The first-order valence-corrected chi connectivity index (χ1v) is 12.7. The molecule has 2 rings (SSSR count). The van der Waals surface area contributed by atoms with E-state index in [0.29, 0.717) is 24.2 Å². The lowest BCUT2D eigenvalue weighted by atomic mass is 9.90. The number of fused-ring (bicyclic) bond motifs is 1. The van der Waals surface area contributed by atoms with Crippen LogP contribution in [0.2, 0.25) is 0 Å². The molecule has 4 atom stereocenters. The van der Waals surface area contributed by atoms with Crippen LogP contribution in [0.25, 0.3) is 0 Å². The lowest BCUT2D eigenvalue weighted by Gasteiger charge is -2.34. The molecular formula is C23H50N6. The smallest absolute Gasteiger partial charge is 0.0221 e. The summed E-state index contributed by atoms with van der Waals surface area (Å²) in [5.41, 5.74) is 5.71. The van der Waals surface area contributed by atoms with Crippen molar-refractivity contribution in [2.75, 3.05) is 45.8 Å². The summed E-state index contributed by atoms with van der Waals surface area (Å²) >= 11 is 0. The van der Waals surface area contributed by atoms with Crippen LogP contribution in [-0.2, 0) is 0 Å². The third-order valence-electron chi connectivity index (χ3n) is 6.65. The van der Waals surface area contributed by atoms with Crippen molar-refractivity contribution in [3.05, 3.63) is 0 Å². The van der Waals surface area contributed by atoms with Gasteiger partial charge in [0.25, 0.3) is 0 Å². The Balaban J connectivity index is 1.92. The van der Waals surface area contributed by atoms with Gasteiger partial charge in [-0.2, -0.15) is 0 Å². The quantitative estimate of drug-likeness (QED) is 0.342. The van der Waals surface area contributed by atoms with Crippen LogP contribution >= 0.6 is 0 Å².